The Balaban J connectivity index is 1.28. The highest BCUT2D eigenvalue weighted by Crippen LogP contribution is 2.33. The van der Waals surface area contributed by atoms with Gasteiger partial charge < -0.3 is 14.8 Å². The van der Waals surface area contributed by atoms with Crippen LogP contribution in [0, 0.1) is 0 Å². The van der Waals surface area contributed by atoms with Gasteiger partial charge >= 0.3 is 0 Å². The van der Waals surface area contributed by atoms with Crippen LogP contribution in [-0.4, -0.2) is 92.8 Å². The van der Waals surface area contributed by atoms with E-state index in [0.717, 1.165) is 23.2 Å². The zero-order valence-corrected chi connectivity index (χ0v) is 19.3. The van der Waals surface area contributed by atoms with E-state index in [1.54, 1.807) is 16.3 Å². The monoisotopic (exact) mass is 484 g/mol. The molecule has 0 bridgehead atoms. The second kappa shape index (κ2) is 9.00. The minimum Gasteiger partial charge on any atom is -0.479 e. The predicted molar refractivity (Wildman–Crippen MR) is 125 cm³/mol. The van der Waals surface area contributed by atoms with E-state index in [4.69, 9.17) is 9.47 Å². The number of fused-ring (bicyclic) bond motifs is 2. The lowest BCUT2D eigenvalue weighted by atomic mass is 10.0. The van der Waals surface area contributed by atoms with E-state index in [2.05, 4.69) is 30.6 Å². The standard InChI is InChI=1S/C23H26F2N8O2/c1-34-22-21-16(14-2-3-19-20(10-14)32(9-6-24)30-28-19)4-8-33(21)29-23(27-22)26-18-5-7-31(11-17(18)25)15-12-35-13-15/h2-4,8,10,15,17-18H,5-7,9,11-13H2,1H3,(H,26,29)/t17-,18+/m0/s1. The summed E-state index contributed by atoms with van der Waals surface area (Å²) in [5.74, 6) is 0.683. The Morgan fingerprint density at radius 3 is 2.89 bits per heavy atom. The van der Waals surface area contributed by atoms with E-state index >= 15 is 0 Å². The molecule has 1 N–H and O–H groups in total. The Hall–Kier alpha value is -3.38. The number of ether oxygens (including phenoxy) is 2. The summed E-state index contributed by atoms with van der Waals surface area (Å²) in [5.41, 5.74) is 3.84. The molecule has 0 spiro atoms. The number of piperidine rings is 1. The first-order valence-electron chi connectivity index (χ1n) is 11.7. The molecule has 2 aliphatic rings. The molecular weight excluding hydrogens is 458 g/mol. The second-order valence-electron chi connectivity index (χ2n) is 8.91. The smallest absolute Gasteiger partial charge is 0.244 e. The highest BCUT2D eigenvalue weighted by molar-refractivity contribution is 5.89. The van der Waals surface area contributed by atoms with Gasteiger partial charge in [0.15, 0.2) is 0 Å². The molecule has 10 nitrogen and oxygen atoms in total. The van der Waals surface area contributed by atoms with Crippen molar-refractivity contribution in [2.75, 3.05) is 45.4 Å². The van der Waals surface area contributed by atoms with Crippen LogP contribution in [-0.2, 0) is 11.3 Å². The van der Waals surface area contributed by atoms with Gasteiger partial charge in [-0.15, -0.1) is 10.2 Å². The van der Waals surface area contributed by atoms with Crippen LogP contribution in [0.15, 0.2) is 30.5 Å². The average molecular weight is 485 g/mol. The number of rotatable bonds is 7. The van der Waals surface area contributed by atoms with Gasteiger partial charge in [0.1, 0.15) is 23.9 Å². The first kappa shape index (κ1) is 22.1. The Bertz CT molecular complexity index is 1350. The molecule has 1 aromatic carbocycles. The highest BCUT2D eigenvalue weighted by atomic mass is 19.1. The van der Waals surface area contributed by atoms with Gasteiger partial charge in [-0.2, -0.15) is 4.98 Å². The van der Waals surface area contributed by atoms with Gasteiger partial charge in [0.05, 0.1) is 44.5 Å². The van der Waals surface area contributed by atoms with E-state index in [9.17, 15) is 8.78 Å². The van der Waals surface area contributed by atoms with Crippen LogP contribution in [0.3, 0.4) is 0 Å². The van der Waals surface area contributed by atoms with Gasteiger partial charge in [0.2, 0.25) is 11.8 Å². The van der Waals surface area contributed by atoms with Crippen LogP contribution in [0.1, 0.15) is 6.42 Å². The molecule has 5 heterocycles. The third-order valence-corrected chi connectivity index (χ3v) is 6.82. The average Bonchev–Trinajstić information content (AvgIpc) is 3.43. The van der Waals surface area contributed by atoms with Gasteiger partial charge in [-0.05, 0) is 30.2 Å². The Morgan fingerprint density at radius 2 is 2.14 bits per heavy atom. The summed E-state index contributed by atoms with van der Waals surface area (Å²) in [6.07, 6.45) is 1.43. The first-order valence-corrected chi connectivity index (χ1v) is 11.7. The fraction of sp³-hybridized carbons (Fsp3) is 0.478. The molecule has 0 radical (unpaired) electrons. The second-order valence-corrected chi connectivity index (χ2v) is 8.91. The predicted octanol–water partition coefficient (Wildman–Crippen LogP) is 2.34. The number of aromatic nitrogens is 6. The third kappa shape index (κ3) is 3.96. The normalized spacial score (nSPS) is 21.5. The van der Waals surface area contributed by atoms with Gasteiger partial charge in [0, 0.05) is 24.8 Å². The molecule has 0 aliphatic carbocycles. The van der Waals surface area contributed by atoms with Gasteiger partial charge in [-0.1, -0.05) is 11.3 Å². The number of likely N-dealkylation sites (tertiary alicyclic amines) is 1. The van der Waals surface area contributed by atoms with Gasteiger partial charge in [-0.3, -0.25) is 4.90 Å². The molecule has 2 aliphatic heterocycles. The molecule has 0 amide bonds. The number of methoxy groups -OCH3 is 1. The molecule has 0 unspecified atom stereocenters. The van der Waals surface area contributed by atoms with Crippen molar-refractivity contribution in [3.8, 4) is 17.0 Å². The van der Waals surface area contributed by atoms with Crippen molar-refractivity contribution in [1.29, 1.82) is 0 Å². The zero-order valence-electron chi connectivity index (χ0n) is 19.3. The minimum absolute atomic E-state index is 0.140. The molecule has 2 fully saturated rings. The zero-order chi connectivity index (χ0) is 23.9. The highest BCUT2D eigenvalue weighted by Gasteiger charge is 2.35. The molecule has 12 heteroatoms. The fourth-order valence-electron chi connectivity index (χ4n) is 4.83. The summed E-state index contributed by atoms with van der Waals surface area (Å²) in [6.45, 7) is 2.15. The molecule has 184 valence electrons. The number of nitrogens with one attached hydrogen (secondary N) is 1. The molecular formula is C23H26F2N8O2. The summed E-state index contributed by atoms with van der Waals surface area (Å²) in [5, 5.41) is 15.9. The number of anilines is 1. The lowest BCUT2D eigenvalue weighted by Gasteiger charge is -2.42. The molecule has 6 rings (SSSR count). The Labute approximate surface area is 199 Å². The van der Waals surface area contributed by atoms with Crippen molar-refractivity contribution in [1.82, 2.24) is 34.5 Å². The van der Waals surface area contributed by atoms with Crippen molar-refractivity contribution >= 4 is 22.5 Å². The Kier molecular flexibility index (Phi) is 5.69. The number of hydrogen-bond donors (Lipinski definition) is 1. The molecule has 35 heavy (non-hydrogen) atoms. The van der Waals surface area contributed by atoms with Gasteiger partial charge in [-0.25, -0.2) is 18.0 Å². The molecule has 3 aromatic heterocycles. The molecule has 2 saturated heterocycles. The van der Waals surface area contributed by atoms with Crippen molar-refractivity contribution in [3.63, 3.8) is 0 Å². The van der Waals surface area contributed by atoms with E-state index in [1.165, 1.54) is 0 Å². The Morgan fingerprint density at radius 1 is 1.26 bits per heavy atom. The number of halogens is 2. The van der Waals surface area contributed by atoms with E-state index in [1.807, 2.05) is 30.5 Å². The number of alkyl halides is 2. The molecule has 0 saturated carbocycles. The van der Waals surface area contributed by atoms with Crippen molar-refractivity contribution < 1.29 is 18.3 Å². The topological polar surface area (TPSA) is 94.6 Å². The number of benzene rings is 1. The van der Waals surface area contributed by atoms with Crippen LogP contribution >= 0.6 is 0 Å². The third-order valence-electron chi connectivity index (χ3n) is 6.82. The summed E-state index contributed by atoms with van der Waals surface area (Å²) in [7, 11) is 1.55. The largest absolute Gasteiger partial charge is 0.479 e. The first-order chi connectivity index (χ1) is 17.1. The lowest BCUT2D eigenvalue weighted by molar-refractivity contribution is -0.0794. The summed E-state index contributed by atoms with van der Waals surface area (Å²) >= 11 is 0. The van der Waals surface area contributed by atoms with E-state index < -0.39 is 12.8 Å². The SMILES string of the molecule is COc1nc(N[C@@H]2CCN(C3COC3)C[C@@H]2F)nn2ccc(-c3ccc4nnn(CCF)c4c3)c12. The maximum Gasteiger partial charge on any atom is 0.244 e. The van der Waals surface area contributed by atoms with Crippen LogP contribution in [0.2, 0.25) is 0 Å². The van der Waals surface area contributed by atoms with Crippen LogP contribution in [0.4, 0.5) is 14.7 Å². The molecule has 2 atom stereocenters. The fourth-order valence-corrected chi connectivity index (χ4v) is 4.83. The van der Waals surface area contributed by atoms with Crippen molar-refractivity contribution in [2.24, 2.45) is 0 Å². The van der Waals surface area contributed by atoms with Crippen LogP contribution < -0.4 is 10.1 Å². The number of nitrogens with zero attached hydrogens (tertiary/aromatic N) is 7. The van der Waals surface area contributed by atoms with E-state index in [0.29, 0.717) is 55.1 Å². The van der Waals surface area contributed by atoms with Gasteiger partial charge in [0.25, 0.3) is 0 Å². The quantitative estimate of drug-likeness (QED) is 0.427. The minimum atomic E-state index is -1.04. The number of hydrogen-bond acceptors (Lipinski definition) is 8. The van der Waals surface area contributed by atoms with Crippen LogP contribution in [0.25, 0.3) is 27.7 Å². The van der Waals surface area contributed by atoms with Crippen LogP contribution in [0.5, 0.6) is 5.88 Å². The lowest BCUT2D eigenvalue weighted by Crippen LogP contribution is -2.57. The van der Waals surface area contributed by atoms with Crippen molar-refractivity contribution in [2.45, 2.75) is 31.2 Å². The van der Waals surface area contributed by atoms with E-state index in [-0.39, 0.29) is 12.6 Å². The summed E-state index contributed by atoms with van der Waals surface area (Å²) in [6, 6.07) is 7.55. The summed E-state index contributed by atoms with van der Waals surface area (Å²) in [4.78, 5) is 6.70. The molecule has 4 aromatic rings. The number of aryl methyl sites for hydroxylation is 1. The summed E-state index contributed by atoms with van der Waals surface area (Å²) < 4.78 is 41.9. The van der Waals surface area contributed by atoms with Crippen molar-refractivity contribution in [3.05, 3.63) is 30.5 Å². The maximum absolute atomic E-state index is 14.9. The maximum atomic E-state index is 14.9.